The fourth-order valence-corrected chi connectivity index (χ4v) is 4.36. The van der Waals surface area contributed by atoms with Crippen LogP contribution in [0.15, 0.2) is 0 Å². The molecule has 32 heavy (non-hydrogen) atoms. The molecule has 14 nitrogen and oxygen atoms in total. The average molecular weight is 469 g/mol. The molecule has 3 aliphatic rings. The Kier molecular flexibility index (Phi) is 8.44. The van der Waals surface area contributed by atoms with E-state index in [1.54, 1.807) is 6.92 Å². The van der Waals surface area contributed by atoms with Crippen LogP contribution in [-0.2, 0) is 18.9 Å². The molecular weight excluding hydrogens is 432 g/mol. The third-order valence-electron chi connectivity index (χ3n) is 6.35. The lowest BCUT2D eigenvalue weighted by Gasteiger charge is -2.47. The maximum Gasteiger partial charge on any atom is 0.187 e. The molecule has 15 atom stereocenters. The molecule has 0 aromatic heterocycles. The summed E-state index contributed by atoms with van der Waals surface area (Å²) in [5.74, 6) is 0. The Morgan fingerprint density at radius 2 is 1.44 bits per heavy atom. The molecule has 0 aromatic carbocycles. The van der Waals surface area contributed by atoms with E-state index in [9.17, 15) is 30.6 Å². The summed E-state index contributed by atoms with van der Waals surface area (Å²) in [6.07, 6.45) is -13.9. The summed E-state index contributed by atoms with van der Waals surface area (Å²) >= 11 is 0. The van der Waals surface area contributed by atoms with Crippen LogP contribution in [0, 0.1) is 0 Å². The van der Waals surface area contributed by atoms with Crippen molar-refractivity contribution in [3.63, 3.8) is 0 Å². The predicted molar refractivity (Wildman–Crippen MR) is 106 cm³/mol. The molecule has 0 radical (unpaired) electrons. The second-order valence-corrected chi connectivity index (χ2v) is 8.85. The van der Waals surface area contributed by atoms with Crippen LogP contribution >= 0.6 is 0 Å². The Balaban J connectivity index is 1.78. The lowest BCUT2D eigenvalue weighted by atomic mass is 9.84. The Labute approximate surface area is 185 Å². The van der Waals surface area contributed by atoms with Gasteiger partial charge in [0.1, 0.15) is 48.8 Å². The zero-order valence-electron chi connectivity index (χ0n) is 17.7. The Bertz CT molecular complexity index is 618. The topological polar surface area (TPSA) is 262 Å². The Morgan fingerprint density at radius 1 is 0.812 bits per heavy atom. The fourth-order valence-electron chi connectivity index (χ4n) is 4.36. The van der Waals surface area contributed by atoms with Crippen molar-refractivity contribution in [1.82, 2.24) is 0 Å². The molecule has 3 fully saturated rings. The molecule has 1 aliphatic carbocycles. The smallest absolute Gasteiger partial charge is 0.187 e. The van der Waals surface area contributed by atoms with Gasteiger partial charge in [0, 0.05) is 18.1 Å². The van der Waals surface area contributed by atoms with Crippen LogP contribution < -0.4 is 22.9 Å². The molecule has 14 N–H and O–H groups in total. The lowest BCUT2D eigenvalue weighted by Crippen LogP contribution is -2.68. The van der Waals surface area contributed by atoms with Crippen molar-refractivity contribution in [2.24, 2.45) is 22.9 Å². The van der Waals surface area contributed by atoms with E-state index in [0.717, 1.165) is 0 Å². The van der Waals surface area contributed by atoms with E-state index in [-0.39, 0.29) is 6.42 Å². The van der Waals surface area contributed by atoms with E-state index >= 15 is 0 Å². The zero-order chi connectivity index (χ0) is 23.9. The number of aliphatic hydroxyl groups excluding tert-OH is 6. The quantitative estimate of drug-likeness (QED) is 0.174. The third-order valence-corrected chi connectivity index (χ3v) is 6.35. The Hall–Kier alpha value is -0.560. The molecule has 0 spiro atoms. The second kappa shape index (κ2) is 10.4. The van der Waals surface area contributed by atoms with Gasteiger partial charge >= 0.3 is 0 Å². The maximum atomic E-state index is 10.7. The zero-order valence-corrected chi connectivity index (χ0v) is 17.7. The molecule has 8 unspecified atom stereocenters. The highest BCUT2D eigenvalue weighted by atomic mass is 16.7. The summed E-state index contributed by atoms with van der Waals surface area (Å²) in [6, 6.07) is -3.39. The van der Waals surface area contributed by atoms with Crippen LogP contribution in [0.4, 0.5) is 0 Å². The van der Waals surface area contributed by atoms with Gasteiger partial charge < -0.3 is 72.5 Å². The third kappa shape index (κ3) is 4.94. The van der Waals surface area contributed by atoms with Gasteiger partial charge in [-0.05, 0) is 13.3 Å². The fraction of sp³-hybridized carbons (Fsp3) is 1.00. The molecule has 14 heteroatoms. The number of nitrogens with two attached hydrogens (primary N) is 4. The average Bonchev–Trinajstić information content (AvgIpc) is 3.03. The first-order valence-electron chi connectivity index (χ1n) is 10.6. The van der Waals surface area contributed by atoms with Crippen LogP contribution in [0.5, 0.6) is 0 Å². The summed E-state index contributed by atoms with van der Waals surface area (Å²) < 4.78 is 22.7. The first-order chi connectivity index (χ1) is 15.0. The first kappa shape index (κ1) is 26.1. The van der Waals surface area contributed by atoms with Gasteiger partial charge in [-0.2, -0.15) is 0 Å². The van der Waals surface area contributed by atoms with Crippen molar-refractivity contribution in [3.8, 4) is 0 Å². The van der Waals surface area contributed by atoms with Gasteiger partial charge in [-0.1, -0.05) is 0 Å². The molecule has 2 heterocycles. The molecule has 1 saturated carbocycles. The molecule has 3 rings (SSSR count). The minimum atomic E-state index is -1.46. The molecule has 2 aliphatic heterocycles. The maximum absolute atomic E-state index is 10.7. The number of hydrogen-bond donors (Lipinski definition) is 10. The monoisotopic (exact) mass is 468 g/mol. The van der Waals surface area contributed by atoms with Crippen LogP contribution in [0.2, 0.25) is 0 Å². The number of ether oxygens (including phenoxy) is 4. The van der Waals surface area contributed by atoms with E-state index in [0.29, 0.717) is 0 Å². The minimum Gasteiger partial charge on any atom is -0.394 e. The second-order valence-electron chi connectivity index (χ2n) is 8.85. The van der Waals surface area contributed by atoms with Gasteiger partial charge in [0.25, 0.3) is 0 Å². The summed E-state index contributed by atoms with van der Waals surface area (Å²) in [5, 5.41) is 60.8. The van der Waals surface area contributed by atoms with Crippen molar-refractivity contribution >= 4 is 0 Å². The predicted octanol–water partition coefficient (Wildman–Crippen LogP) is -6.26. The Morgan fingerprint density at radius 3 is 2.00 bits per heavy atom. The first-order valence-corrected chi connectivity index (χ1v) is 10.6. The van der Waals surface area contributed by atoms with Gasteiger partial charge in [-0.25, -0.2) is 0 Å². The summed E-state index contributed by atoms with van der Waals surface area (Å²) in [4.78, 5) is 0. The van der Waals surface area contributed by atoms with Gasteiger partial charge in [-0.15, -0.1) is 0 Å². The van der Waals surface area contributed by atoms with Gasteiger partial charge in [0.15, 0.2) is 12.6 Å². The van der Waals surface area contributed by atoms with E-state index in [1.807, 2.05) is 0 Å². The summed E-state index contributed by atoms with van der Waals surface area (Å²) in [7, 11) is 0. The molecule has 188 valence electrons. The standard InChI is InChI=1S/C18H36N4O10/c1-4(19)14-12(27)13(28)18(30-14)32-16-9(24)5(20)2-6(21)15(16)31-17-8(22)11(26)10(25)7(3-23)29-17/h4-18,23-28H,2-3,19-22H2,1H3/t4-,5-,6?,7?,8?,9?,10-,11?,12?,13?,14-,15+,16?,17-,18+/m1/s1. The van der Waals surface area contributed by atoms with Gasteiger partial charge in [-0.3, -0.25) is 0 Å². The number of hydrogen-bond acceptors (Lipinski definition) is 14. The molecule has 0 aromatic rings. The molecule has 0 amide bonds. The normalized spacial score (nSPS) is 53.3. The van der Waals surface area contributed by atoms with Crippen LogP contribution in [0.1, 0.15) is 13.3 Å². The van der Waals surface area contributed by atoms with Crippen molar-refractivity contribution < 1.29 is 49.6 Å². The summed E-state index contributed by atoms with van der Waals surface area (Å²) in [5.41, 5.74) is 23.9. The largest absolute Gasteiger partial charge is 0.394 e. The van der Waals surface area contributed by atoms with E-state index in [4.69, 9.17) is 41.9 Å². The van der Waals surface area contributed by atoms with E-state index in [2.05, 4.69) is 0 Å². The molecule has 0 bridgehead atoms. The van der Waals surface area contributed by atoms with Crippen molar-refractivity contribution in [2.45, 2.75) is 105 Å². The van der Waals surface area contributed by atoms with E-state index < -0.39 is 98.3 Å². The minimum absolute atomic E-state index is 0.140. The molecule has 2 saturated heterocycles. The number of aliphatic hydroxyl groups is 6. The summed E-state index contributed by atoms with van der Waals surface area (Å²) in [6.45, 7) is 0.989. The number of rotatable bonds is 6. The van der Waals surface area contributed by atoms with E-state index in [1.165, 1.54) is 0 Å². The highest BCUT2D eigenvalue weighted by Gasteiger charge is 2.52. The van der Waals surface area contributed by atoms with Crippen LogP contribution in [0.25, 0.3) is 0 Å². The van der Waals surface area contributed by atoms with Crippen LogP contribution in [-0.4, -0.2) is 129 Å². The SMILES string of the molecule is C[C@@H](N)[C@H]1O[C@@H](OC2C(O)[C@H](N)CC(N)[C@@H]2O[C@H]2OC(CO)[C@@H](O)C(O)C2N)C(O)C1O. The van der Waals surface area contributed by atoms with Gasteiger partial charge in [0.05, 0.1) is 18.8 Å². The van der Waals surface area contributed by atoms with Gasteiger partial charge in [0.2, 0.25) is 0 Å². The highest BCUT2D eigenvalue weighted by Crippen LogP contribution is 2.32. The highest BCUT2D eigenvalue weighted by molar-refractivity contribution is 5.01. The van der Waals surface area contributed by atoms with Crippen LogP contribution in [0.3, 0.4) is 0 Å². The molecular formula is C18H36N4O10. The van der Waals surface area contributed by atoms with Crippen molar-refractivity contribution in [2.75, 3.05) is 6.61 Å². The van der Waals surface area contributed by atoms with Crippen molar-refractivity contribution in [1.29, 1.82) is 0 Å². The lowest BCUT2D eigenvalue weighted by molar-refractivity contribution is -0.310. The van der Waals surface area contributed by atoms with Crippen molar-refractivity contribution in [3.05, 3.63) is 0 Å².